The Hall–Kier alpha value is -2.42. The van der Waals surface area contributed by atoms with E-state index in [0.717, 1.165) is 54.7 Å². The van der Waals surface area contributed by atoms with Crippen LogP contribution in [-0.2, 0) is 32.4 Å². The summed E-state index contributed by atoms with van der Waals surface area (Å²) in [5.74, 6) is 1.47. The number of carbonyl (C=O) groups excluding carboxylic acids is 1. The van der Waals surface area contributed by atoms with E-state index in [0.29, 0.717) is 17.7 Å². The van der Waals surface area contributed by atoms with Gasteiger partial charge in [-0.3, -0.25) is 4.79 Å². The van der Waals surface area contributed by atoms with Crippen molar-refractivity contribution >= 4 is 16.0 Å². The monoisotopic (exact) mass is 496 g/mol. The van der Waals surface area contributed by atoms with Gasteiger partial charge in [0.05, 0.1) is 11.8 Å². The number of likely N-dealkylation sites (tertiary alicyclic amines) is 1. The molecular weight excluding hydrogens is 464 g/mol. The Morgan fingerprint density at radius 1 is 1.20 bits per heavy atom. The lowest BCUT2D eigenvalue weighted by Gasteiger charge is -2.59. The molecule has 2 heterocycles. The minimum Gasteiger partial charge on any atom is -0.487 e. The quantitative estimate of drug-likeness (QED) is 0.468. The van der Waals surface area contributed by atoms with E-state index >= 15 is 0 Å². The third-order valence-corrected chi connectivity index (χ3v) is 10.8. The maximum Gasteiger partial charge on any atom is 0.308 e. The van der Waals surface area contributed by atoms with E-state index in [1.54, 1.807) is 11.4 Å². The fourth-order valence-electron chi connectivity index (χ4n) is 7.43. The van der Waals surface area contributed by atoms with Crippen molar-refractivity contribution in [3.63, 3.8) is 0 Å². The topological polar surface area (TPSA) is 76.1 Å². The van der Waals surface area contributed by atoms with E-state index in [1.165, 1.54) is 6.92 Å². The maximum absolute atomic E-state index is 13.5. The molecule has 0 amide bonds. The number of ether oxygens (including phenoxy) is 2. The number of nitrogens with zero attached hydrogens (tertiary/aromatic N) is 2. The van der Waals surface area contributed by atoms with Crippen molar-refractivity contribution < 1.29 is 22.7 Å². The summed E-state index contributed by atoms with van der Waals surface area (Å²) in [5.41, 5.74) is 2.74. The highest BCUT2D eigenvalue weighted by atomic mass is 32.2. The number of carbonyl (C=O) groups is 1. The first-order chi connectivity index (χ1) is 16.7. The number of benzene rings is 2. The molecular formula is C27H32N2O5S. The minimum atomic E-state index is -3.54. The first-order valence-electron chi connectivity index (χ1n) is 12.4. The number of hydrogen-bond acceptors (Lipinski definition) is 6. The molecule has 5 atom stereocenters. The molecule has 1 spiro atoms. The van der Waals surface area contributed by atoms with E-state index in [4.69, 9.17) is 9.47 Å². The van der Waals surface area contributed by atoms with Gasteiger partial charge in [0.1, 0.15) is 17.6 Å². The van der Waals surface area contributed by atoms with Crippen molar-refractivity contribution in [2.24, 2.45) is 5.92 Å². The summed E-state index contributed by atoms with van der Waals surface area (Å²) in [4.78, 5) is 14.3. The predicted molar refractivity (Wildman–Crippen MR) is 132 cm³/mol. The van der Waals surface area contributed by atoms with Crippen molar-refractivity contribution in [3.8, 4) is 11.5 Å². The van der Waals surface area contributed by atoms with Gasteiger partial charge in [-0.2, -0.15) is 4.31 Å². The van der Waals surface area contributed by atoms with Crippen molar-refractivity contribution in [3.05, 3.63) is 59.2 Å². The highest BCUT2D eigenvalue weighted by Crippen LogP contribution is 2.63. The zero-order valence-corrected chi connectivity index (χ0v) is 21.3. The molecule has 1 saturated heterocycles. The van der Waals surface area contributed by atoms with Crippen molar-refractivity contribution in [1.82, 2.24) is 9.21 Å². The van der Waals surface area contributed by atoms with Gasteiger partial charge in [-0.25, -0.2) is 8.42 Å². The number of rotatable bonds is 5. The lowest BCUT2D eigenvalue weighted by Crippen LogP contribution is -2.68. The SMILES string of the molecule is CC(=O)Oc1ccc2c3c1C[C@@H]1[C@@H]4CC[C@H](N(C)S(=O)(=O)Cc5ccccc5)[C@H](O2)[C@]34CCN1C. The summed E-state index contributed by atoms with van der Waals surface area (Å²) in [7, 11) is 0.347. The van der Waals surface area contributed by atoms with Gasteiger partial charge >= 0.3 is 5.97 Å². The first kappa shape index (κ1) is 23.0. The van der Waals surface area contributed by atoms with E-state index < -0.39 is 10.0 Å². The Labute approximate surface area is 207 Å². The van der Waals surface area contributed by atoms with Crippen molar-refractivity contribution in [2.45, 2.75) is 62.0 Å². The van der Waals surface area contributed by atoms with Crippen LogP contribution >= 0.6 is 0 Å². The molecule has 0 N–H and O–H groups in total. The highest BCUT2D eigenvalue weighted by molar-refractivity contribution is 7.88. The summed E-state index contributed by atoms with van der Waals surface area (Å²) < 4.78 is 41.0. The van der Waals surface area contributed by atoms with Crippen LogP contribution in [0.15, 0.2) is 42.5 Å². The van der Waals surface area contributed by atoms with Crippen LogP contribution in [0.25, 0.3) is 0 Å². The van der Waals surface area contributed by atoms with E-state index in [2.05, 4.69) is 11.9 Å². The average molecular weight is 497 g/mol. The van der Waals surface area contributed by atoms with E-state index in [1.807, 2.05) is 42.5 Å². The normalized spacial score (nSPS) is 31.1. The van der Waals surface area contributed by atoms with Crippen LogP contribution in [0.1, 0.15) is 42.9 Å². The predicted octanol–water partition coefficient (Wildman–Crippen LogP) is 3.11. The second-order valence-electron chi connectivity index (χ2n) is 10.6. The smallest absolute Gasteiger partial charge is 0.308 e. The van der Waals surface area contributed by atoms with Crippen LogP contribution in [0.4, 0.5) is 0 Å². The standard InChI is InChI=1S/C27H32N2O5S/c1-17(30)33-23-11-12-24-25-19(23)15-22-20-9-10-21(26(34-24)27(20,25)13-14-28(22)2)29(3)35(31,32)16-18-7-5-4-6-8-18/h4-8,11-12,20-22,26H,9-10,13-16H2,1-3H3/t20-,21-,22+,26-,27-/m0/s1. The third-order valence-electron chi connectivity index (χ3n) is 8.92. The van der Waals surface area contributed by atoms with E-state index in [-0.39, 0.29) is 29.3 Å². The lowest BCUT2D eigenvalue weighted by atomic mass is 9.51. The molecule has 2 aromatic rings. The van der Waals surface area contributed by atoms with Gasteiger partial charge in [-0.15, -0.1) is 0 Å². The summed E-state index contributed by atoms with van der Waals surface area (Å²) in [6.45, 7) is 2.37. The zero-order valence-electron chi connectivity index (χ0n) is 20.4. The van der Waals surface area contributed by atoms with Gasteiger partial charge in [0.2, 0.25) is 10.0 Å². The summed E-state index contributed by atoms with van der Waals surface area (Å²) in [6.07, 6.45) is 3.18. The van der Waals surface area contributed by atoms with Crippen LogP contribution in [-0.4, -0.2) is 62.4 Å². The number of sulfonamides is 1. The van der Waals surface area contributed by atoms with Gasteiger partial charge in [-0.05, 0) is 62.9 Å². The Morgan fingerprint density at radius 3 is 2.71 bits per heavy atom. The third kappa shape index (κ3) is 3.37. The van der Waals surface area contributed by atoms with E-state index in [9.17, 15) is 13.2 Å². The molecule has 2 bridgehead atoms. The second-order valence-corrected chi connectivity index (χ2v) is 12.6. The minimum absolute atomic E-state index is 0.0237. The number of piperidine rings is 1. The molecule has 2 aliphatic heterocycles. The fraction of sp³-hybridized carbons (Fsp3) is 0.519. The second kappa shape index (κ2) is 8.05. The van der Waals surface area contributed by atoms with Crippen molar-refractivity contribution in [2.75, 3.05) is 20.6 Å². The molecule has 7 nitrogen and oxygen atoms in total. The zero-order chi connectivity index (χ0) is 24.5. The molecule has 2 fully saturated rings. The molecule has 0 radical (unpaired) electrons. The largest absolute Gasteiger partial charge is 0.487 e. The van der Waals surface area contributed by atoms with Gasteiger partial charge in [0.25, 0.3) is 0 Å². The molecule has 2 aromatic carbocycles. The van der Waals surface area contributed by atoms with Gasteiger partial charge < -0.3 is 14.4 Å². The Bertz CT molecular complexity index is 1280. The van der Waals surface area contributed by atoms with Crippen LogP contribution in [0.3, 0.4) is 0 Å². The Morgan fingerprint density at radius 2 is 1.97 bits per heavy atom. The number of likely N-dealkylation sites (N-methyl/N-ethyl adjacent to an activating group) is 2. The lowest BCUT2D eigenvalue weighted by molar-refractivity contribution is -0.132. The van der Waals surface area contributed by atoms with Gasteiger partial charge in [0.15, 0.2) is 0 Å². The number of hydrogen-bond donors (Lipinski definition) is 0. The first-order valence-corrected chi connectivity index (χ1v) is 14.0. The Kier molecular flexibility index (Phi) is 5.29. The molecule has 8 heteroatoms. The molecule has 1 saturated carbocycles. The average Bonchev–Trinajstić information content (AvgIpc) is 3.16. The van der Waals surface area contributed by atoms with Crippen LogP contribution < -0.4 is 9.47 Å². The summed E-state index contributed by atoms with van der Waals surface area (Å²) in [5, 5.41) is 0. The van der Waals surface area contributed by atoms with Gasteiger partial charge in [-0.1, -0.05) is 30.3 Å². The molecule has 6 rings (SSSR count). The van der Waals surface area contributed by atoms with Crippen molar-refractivity contribution in [1.29, 1.82) is 0 Å². The van der Waals surface area contributed by atoms with Crippen LogP contribution in [0.2, 0.25) is 0 Å². The molecule has 4 aliphatic rings. The fourth-order valence-corrected chi connectivity index (χ4v) is 8.87. The number of esters is 1. The molecule has 186 valence electrons. The molecule has 35 heavy (non-hydrogen) atoms. The highest BCUT2D eigenvalue weighted by Gasteiger charge is 2.66. The summed E-state index contributed by atoms with van der Waals surface area (Å²) >= 11 is 0. The Balaban J connectivity index is 1.42. The van der Waals surface area contributed by atoms with Crippen LogP contribution in [0, 0.1) is 5.92 Å². The molecule has 2 aliphatic carbocycles. The maximum atomic E-state index is 13.5. The molecule has 0 unspecified atom stereocenters. The van der Waals surface area contributed by atoms with Crippen LogP contribution in [0.5, 0.6) is 11.5 Å². The molecule has 0 aromatic heterocycles. The van der Waals surface area contributed by atoms with Gasteiger partial charge in [0, 0.05) is 36.6 Å². The summed E-state index contributed by atoms with van der Waals surface area (Å²) in [6, 6.07) is 13.2.